The van der Waals surface area contributed by atoms with Gasteiger partial charge in [-0.2, -0.15) is 0 Å². The Morgan fingerprint density at radius 1 is 1.14 bits per heavy atom. The minimum atomic E-state index is -1.32. The van der Waals surface area contributed by atoms with Crippen LogP contribution in [0.15, 0.2) is 24.3 Å². The summed E-state index contributed by atoms with van der Waals surface area (Å²) in [6.45, 7) is 4.38. The second kappa shape index (κ2) is 7.99. The molecule has 0 aliphatic carbocycles. The molecule has 0 bridgehead atoms. The quantitative estimate of drug-likeness (QED) is 0.819. The lowest BCUT2D eigenvalue weighted by Crippen LogP contribution is -2.59. The molecule has 0 saturated carbocycles. The number of carbonyl (C=O) groups excluding carboxylic acids is 1. The van der Waals surface area contributed by atoms with Gasteiger partial charge >= 0.3 is 0 Å². The zero-order valence-electron chi connectivity index (χ0n) is 16.6. The van der Waals surface area contributed by atoms with Gasteiger partial charge in [-0.05, 0) is 30.5 Å². The molecule has 1 atom stereocenters. The zero-order valence-corrected chi connectivity index (χ0v) is 16.6. The number of nitrogens with zero attached hydrogens (tertiary/aromatic N) is 2. The van der Waals surface area contributed by atoms with Crippen molar-refractivity contribution in [2.75, 3.05) is 46.5 Å². The second-order valence-corrected chi connectivity index (χ2v) is 8.10. The van der Waals surface area contributed by atoms with E-state index in [0.29, 0.717) is 39.3 Å². The SMILES string of the molecule is COc1cccc(CN2CCC[C@](O)(CN3CCC4(CC3)OCCO4)C2=O)c1. The third kappa shape index (κ3) is 4.03. The standard InChI is InChI=1S/C21H30N2O5/c1-26-18-5-2-4-17(14-18)15-23-9-3-6-20(25,19(23)24)16-22-10-7-21(8-11-22)27-12-13-28-21/h2,4-5,14,25H,3,6-13,15-16H2,1H3/t20-/m0/s1. The molecular formula is C21H30N2O5. The van der Waals surface area contributed by atoms with Crippen molar-refractivity contribution >= 4 is 5.91 Å². The molecule has 1 spiro atoms. The largest absolute Gasteiger partial charge is 0.497 e. The Kier molecular flexibility index (Phi) is 5.60. The number of hydrogen-bond donors (Lipinski definition) is 1. The fraction of sp³-hybridized carbons (Fsp3) is 0.667. The first kappa shape index (κ1) is 19.6. The number of methoxy groups -OCH3 is 1. The van der Waals surface area contributed by atoms with Crippen molar-refractivity contribution in [3.8, 4) is 5.75 Å². The van der Waals surface area contributed by atoms with Gasteiger partial charge in [0.05, 0.1) is 20.3 Å². The first-order valence-electron chi connectivity index (χ1n) is 10.2. The van der Waals surface area contributed by atoms with Gasteiger partial charge in [0.1, 0.15) is 5.75 Å². The fourth-order valence-corrected chi connectivity index (χ4v) is 4.56. The van der Waals surface area contributed by atoms with E-state index in [1.54, 1.807) is 12.0 Å². The molecular weight excluding hydrogens is 360 g/mol. The fourth-order valence-electron chi connectivity index (χ4n) is 4.56. The van der Waals surface area contributed by atoms with E-state index in [1.165, 1.54) is 0 Å². The van der Waals surface area contributed by atoms with Crippen molar-refractivity contribution in [3.05, 3.63) is 29.8 Å². The van der Waals surface area contributed by atoms with Crippen LogP contribution in [0.25, 0.3) is 0 Å². The number of ether oxygens (including phenoxy) is 3. The van der Waals surface area contributed by atoms with Crippen molar-refractivity contribution in [1.29, 1.82) is 0 Å². The van der Waals surface area contributed by atoms with Crippen LogP contribution in [-0.4, -0.2) is 78.7 Å². The molecule has 3 saturated heterocycles. The number of β-amino-alcohol motifs (C(OH)–C–C–N with tert-alkyl or cyclic N) is 1. The molecule has 3 aliphatic heterocycles. The summed E-state index contributed by atoms with van der Waals surface area (Å²) in [5.41, 5.74) is -0.314. The van der Waals surface area contributed by atoms with Gasteiger partial charge in [0.25, 0.3) is 5.91 Å². The molecule has 4 rings (SSSR count). The highest BCUT2D eigenvalue weighted by Crippen LogP contribution is 2.33. The van der Waals surface area contributed by atoms with E-state index in [1.807, 2.05) is 24.3 Å². The maximum absolute atomic E-state index is 13.1. The van der Waals surface area contributed by atoms with Crippen LogP contribution in [0.3, 0.4) is 0 Å². The molecule has 1 N–H and O–H groups in total. The molecule has 1 aromatic carbocycles. The van der Waals surface area contributed by atoms with Crippen LogP contribution in [0.4, 0.5) is 0 Å². The van der Waals surface area contributed by atoms with Gasteiger partial charge in [-0.1, -0.05) is 12.1 Å². The molecule has 0 unspecified atom stereocenters. The van der Waals surface area contributed by atoms with Gasteiger partial charge in [0, 0.05) is 45.6 Å². The predicted molar refractivity (Wildman–Crippen MR) is 103 cm³/mol. The Morgan fingerprint density at radius 2 is 1.89 bits per heavy atom. The first-order chi connectivity index (χ1) is 13.5. The van der Waals surface area contributed by atoms with Gasteiger partial charge in [0.15, 0.2) is 11.4 Å². The van der Waals surface area contributed by atoms with E-state index in [9.17, 15) is 9.90 Å². The highest BCUT2D eigenvalue weighted by molar-refractivity contribution is 5.86. The van der Waals surface area contributed by atoms with E-state index in [0.717, 1.165) is 43.7 Å². The third-order valence-electron chi connectivity index (χ3n) is 6.13. The molecule has 7 nitrogen and oxygen atoms in total. The number of hydrogen-bond acceptors (Lipinski definition) is 6. The van der Waals surface area contributed by atoms with Gasteiger partial charge in [-0.25, -0.2) is 0 Å². The normalized spacial score (nSPS) is 28.1. The Hall–Kier alpha value is -1.67. The lowest BCUT2D eigenvalue weighted by Gasteiger charge is -2.43. The number of benzene rings is 1. The number of amides is 1. The van der Waals surface area contributed by atoms with Crippen LogP contribution in [0.1, 0.15) is 31.2 Å². The van der Waals surface area contributed by atoms with Gasteiger partial charge in [-0.15, -0.1) is 0 Å². The lowest BCUT2D eigenvalue weighted by molar-refractivity contribution is -0.191. The number of aliphatic hydroxyl groups is 1. The molecule has 154 valence electrons. The molecule has 3 aliphatic rings. The molecule has 28 heavy (non-hydrogen) atoms. The number of likely N-dealkylation sites (tertiary alicyclic amines) is 2. The van der Waals surface area contributed by atoms with Crippen LogP contribution in [0.5, 0.6) is 5.75 Å². The molecule has 0 aromatic heterocycles. The first-order valence-corrected chi connectivity index (χ1v) is 10.2. The van der Waals surface area contributed by atoms with E-state index >= 15 is 0 Å². The predicted octanol–water partition coefficient (Wildman–Crippen LogP) is 1.39. The van der Waals surface area contributed by atoms with Crippen molar-refractivity contribution in [2.45, 2.75) is 43.6 Å². The number of rotatable bonds is 5. The van der Waals surface area contributed by atoms with Crippen LogP contribution in [-0.2, 0) is 20.8 Å². The minimum Gasteiger partial charge on any atom is -0.497 e. The average Bonchev–Trinajstić information content (AvgIpc) is 3.16. The lowest BCUT2D eigenvalue weighted by atomic mass is 9.89. The number of carbonyl (C=O) groups is 1. The Balaban J connectivity index is 1.37. The molecule has 3 fully saturated rings. The second-order valence-electron chi connectivity index (χ2n) is 8.10. The smallest absolute Gasteiger partial charge is 0.256 e. The van der Waals surface area contributed by atoms with Crippen LogP contribution in [0.2, 0.25) is 0 Å². The molecule has 3 heterocycles. The summed E-state index contributed by atoms with van der Waals surface area (Å²) in [5, 5.41) is 11.2. The minimum absolute atomic E-state index is 0.171. The van der Waals surface area contributed by atoms with E-state index in [-0.39, 0.29) is 5.91 Å². The molecule has 1 aromatic rings. The Labute approximate surface area is 166 Å². The van der Waals surface area contributed by atoms with Gasteiger partial charge < -0.3 is 24.2 Å². The monoisotopic (exact) mass is 390 g/mol. The zero-order chi connectivity index (χ0) is 19.6. The summed E-state index contributed by atoms with van der Waals surface area (Å²) >= 11 is 0. The molecule has 0 radical (unpaired) electrons. The Morgan fingerprint density at radius 3 is 2.61 bits per heavy atom. The highest BCUT2D eigenvalue weighted by atomic mass is 16.7. The Bertz CT molecular complexity index is 696. The van der Waals surface area contributed by atoms with Crippen molar-refractivity contribution in [1.82, 2.24) is 9.80 Å². The molecule has 1 amide bonds. The summed E-state index contributed by atoms with van der Waals surface area (Å²) in [6, 6.07) is 7.73. The van der Waals surface area contributed by atoms with E-state index in [2.05, 4.69) is 4.90 Å². The van der Waals surface area contributed by atoms with Crippen LogP contribution in [0, 0.1) is 0 Å². The average molecular weight is 390 g/mol. The summed E-state index contributed by atoms with van der Waals surface area (Å²) in [5.74, 6) is 0.166. The van der Waals surface area contributed by atoms with E-state index in [4.69, 9.17) is 14.2 Å². The maximum atomic E-state index is 13.1. The maximum Gasteiger partial charge on any atom is 0.256 e. The molecule has 7 heteroatoms. The van der Waals surface area contributed by atoms with Crippen molar-refractivity contribution in [2.24, 2.45) is 0 Å². The summed E-state index contributed by atoms with van der Waals surface area (Å²) in [7, 11) is 1.63. The van der Waals surface area contributed by atoms with Gasteiger partial charge in [0.2, 0.25) is 0 Å². The van der Waals surface area contributed by atoms with Crippen molar-refractivity contribution in [3.63, 3.8) is 0 Å². The summed E-state index contributed by atoms with van der Waals surface area (Å²) < 4.78 is 16.8. The topological polar surface area (TPSA) is 71.5 Å². The summed E-state index contributed by atoms with van der Waals surface area (Å²) in [4.78, 5) is 17.0. The highest BCUT2D eigenvalue weighted by Gasteiger charge is 2.46. The van der Waals surface area contributed by atoms with Crippen LogP contribution >= 0.6 is 0 Å². The number of piperidine rings is 2. The van der Waals surface area contributed by atoms with E-state index < -0.39 is 11.4 Å². The van der Waals surface area contributed by atoms with Crippen molar-refractivity contribution < 1.29 is 24.1 Å². The van der Waals surface area contributed by atoms with Gasteiger partial charge in [-0.3, -0.25) is 9.69 Å². The van der Waals surface area contributed by atoms with Crippen LogP contribution < -0.4 is 4.74 Å². The third-order valence-corrected chi connectivity index (χ3v) is 6.13. The summed E-state index contributed by atoms with van der Waals surface area (Å²) in [6.07, 6.45) is 2.88.